The Morgan fingerprint density at radius 1 is 0.767 bits per heavy atom. The Hall–Kier alpha value is -3.60. The second-order valence-corrected chi connectivity index (χ2v) is 8.05. The SMILES string of the molecule is COc1cccc(NC(=O)Nc2cccc(C(=O)c3ccc(C(C)(C)C)cc3)c2)c1. The molecule has 0 aliphatic rings. The largest absolute Gasteiger partial charge is 0.497 e. The zero-order valence-electron chi connectivity index (χ0n) is 17.7. The van der Waals surface area contributed by atoms with Crippen molar-refractivity contribution in [2.75, 3.05) is 17.7 Å². The molecule has 3 aromatic carbocycles. The van der Waals surface area contributed by atoms with Crippen molar-refractivity contribution in [2.24, 2.45) is 0 Å². The van der Waals surface area contributed by atoms with Crippen molar-refractivity contribution in [3.05, 3.63) is 89.5 Å². The van der Waals surface area contributed by atoms with Crippen LogP contribution in [-0.2, 0) is 5.41 Å². The van der Waals surface area contributed by atoms with E-state index < -0.39 is 6.03 Å². The lowest BCUT2D eigenvalue weighted by atomic mass is 9.86. The molecule has 5 nitrogen and oxygen atoms in total. The first-order valence-electron chi connectivity index (χ1n) is 9.73. The number of carbonyl (C=O) groups excluding carboxylic acids is 2. The van der Waals surface area contributed by atoms with Gasteiger partial charge in [-0.1, -0.05) is 63.2 Å². The summed E-state index contributed by atoms with van der Waals surface area (Å²) < 4.78 is 5.16. The average molecular weight is 402 g/mol. The quantitative estimate of drug-likeness (QED) is 0.525. The maximum absolute atomic E-state index is 12.9. The highest BCUT2D eigenvalue weighted by Crippen LogP contribution is 2.23. The predicted octanol–water partition coefficient (Wildman–Crippen LogP) is 5.87. The van der Waals surface area contributed by atoms with Gasteiger partial charge in [0.25, 0.3) is 0 Å². The molecule has 0 aliphatic heterocycles. The highest BCUT2D eigenvalue weighted by atomic mass is 16.5. The van der Waals surface area contributed by atoms with Crippen molar-refractivity contribution in [1.82, 2.24) is 0 Å². The Morgan fingerprint density at radius 2 is 1.37 bits per heavy atom. The normalized spacial score (nSPS) is 10.9. The van der Waals surface area contributed by atoms with E-state index in [2.05, 4.69) is 31.4 Å². The average Bonchev–Trinajstić information content (AvgIpc) is 2.73. The van der Waals surface area contributed by atoms with Crippen molar-refractivity contribution in [2.45, 2.75) is 26.2 Å². The Bertz CT molecular complexity index is 1050. The Kier molecular flexibility index (Phi) is 6.21. The number of anilines is 2. The molecule has 3 rings (SSSR count). The zero-order chi connectivity index (χ0) is 21.7. The van der Waals surface area contributed by atoms with Crippen molar-refractivity contribution in [3.63, 3.8) is 0 Å². The summed E-state index contributed by atoms with van der Waals surface area (Å²) in [7, 11) is 1.57. The summed E-state index contributed by atoms with van der Waals surface area (Å²) >= 11 is 0. The third kappa shape index (κ3) is 5.26. The highest BCUT2D eigenvalue weighted by Gasteiger charge is 2.15. The van der Waals surface area contributed by atoms with E-state index in [1.807, 2.05) is 24.3 Å². The molecule has 0 radical (unpaired) electrons. The molecule has 3 aromatic rings. The molecule has 0 fully saturated rings. The fraction of sp³-hybridized carbons (Fsp3) is 0.200. The van der Waals surface area contributed by atoms with Gasteiger partial charge < -0.3 is 15.4 Å². The van der Waals surface area contributed by atoms with Crippen LogP contribution in [0, 0.1) is 0 Å². The van der Waals surface area contributed by atoms with E-state index in [9.17, 15) is 9.59 Å². The summed E-state index contributed by atoms with van der Waals surface area (Å²) in [6, 6.07) is 21.2. The van der Waals surface area contributed by atoms with Crippen LogP contribution in [0.3, 0.4) is 0 Å². The summed E-state index contributed by atoms with van der Waals surface area (Å²) in [5.41, 5.74) is 3.47. The van der Waals surface area contributed by atoms with Gasteiger partial charge in [-0.3, -0.25) is 4.79 Å². The van der Waals surface area contributed by atoms with Crippen LogP contribution in [0.15, 0.2) is 72.8 Å². The molecule has 0 atom stereocenters. The highest BCUT2D eigenvalue weighted by molar-refractivity contribution is 6.10. The van der Waals surface area contributed by atoms with Crippen molar-refractivity contribution in [3.8, 4) is 5.75 Å². The molecule has 0 bridgehead atoms. The van der Waals surface area contributed by atoms with Crippen molar-refractivity contribution >= 4 is 23.2 Å². The van der Waals surface area contributed by atoms with E-state index in [0.717, 1.165) is 0 Å². The summed E-state index contributed by atoms with van der Waals surface area (Å²) in [6.45, 7) is 6.40. The number of amides is 2. The van der Waals surface area contributed by atoms with Gasteiger partial charge in [0.1, 0.15) is 5.75 Å². The van der Waals surface area contributed by atoms with Gasteiger partial charge in [0, 0.05) is 28.6 Å². The molecular weight excluding hydrogens is 376 g/mol. The van der Waals surface area contributed by atoms with Crippen LogP contribution in [-0.4, -0.2) is 18.9 Å². The van der Waals surface area contributed by atoms with Crippen LogP contribution in [0.4, 0.5) is 16.2 Å². The topological polar surface area (TPSA) is 67.4 Å². The van der Waals surface area contributed by atoms with Crippen LogP contribution < -0.4 is 15.4 Å². The fourth-order valence-corrected chi connectivity index (χ4v) is 3.02. The minimum atomic E-state index is -0.401. The van der Waals surface area contributed by atoms with Crippen LogP contribution in [0.2, 0.25) is 0 Å². The number of ether oxygens (including phenoxy) is 1. The maximum Gasteiger partial charge on any atom is 0.323 e. The third-order valence-corrected chi connectivity index (χ3v) is 4.72. The van der Waals surface area contributed by atoms with Crippen LogP contribution in [0.5, 0.6) is 5.75 Å². The number of ketones is 1. The van der Waals surface area contributed by atoms with E-state index in [4.69, 9.17) is 4.74 Å². The fourth-order valence-electron chi connectivity index (χ4n) is 3.02. The van der Waals surface area contributed by atoms with Gasteiger partial charge >= 0.3 is 6.03 Å². The second-order valence-electron chi connectivity index (χ2n) is 8.05. The number of hydrogen-bond acceptors (Lipinski definition) is 3. The van der Waals surface area contributed by atoms with Gasteiger partial charge in [-0.15, -0.1) is 0 Å². The minimum Gasteiger partial charge on any atom is -0.497 e. The molecular formula is C25H26N2O3. The maximum atomic E-state index is 12.9. The molecule has 0 saturated carbocycles. The Labute approximate surface area is 177 Å². The standard InChI is InChI=1S/C25H26N2O3/c1-25(2,3)19-13-11-17(12-14-19)23(28)18-7-5-8-20(15-18)26-24(29)27-21-9-6-10-22(16-21)30-4/h5-16H,1-4H3,(H2,26,27,29). The molecule has 0 unspecified atom stereocenters. The first-order chi connectivity index (χ1) is 14.3. The summed E-state index contributed by atoms with van der Waals surface area (Å²) in [6.07, 6.45) is 0. The monoisotopic (exact) mass is 402 g/mol. The number of carbonyl (C=O) groups is 2. The van der Waals surface area contributed by atoms with Crippen LogP contribution in [0.25, 0.3) is 0 Å². The molecule has 30 heavy (non-hydrogen) atoms. The molecule has 0 spiro atoms. The molecule has 2 N–H and O–H groups in total. The summed E-state index contributed by atoms with van der Waals surface area (Å²) in [4.78, 5) is 25.2. The first kappa shape index (κ1) is 21.1. The van der Waals surface area contributed by atoms with Gasteiger partial charge in [-0.05, 0) is 35.2 Å². The lowest BCUT2D eigenvalue weighted by molar-refractivity contribution is 0.103. The van der Waals surface area contributed by atoms with Gasteiger partial charge in [0.2, 0.25) is 0 Å². The number of rotatable bonds is 5. The van der Waals surface area contributed by atoms with E-state index in [-0.39, 0.29) is 11.2 Å². The molecule has 154 valence electrons. The lowest BCUT2D eigenvalue weighted by Crippen LogP contribution is -2.19. The summed E-state index contributed by atoms with van der Waals surface area (Å²) in [5, 5.41) is 5.51. The molecule has 0 aromatic heterocycles. The molecule has 0 heterocycles. The van der Waals surface area contributed by atoms with Gasteiger partial charge in [0.15, 0.2) is 5.78 Å². The summed E-state index contributed by atoms with van der Waals surface area (Å²) in [5.74, 6) is 0.560. The number of hydrogen-bond donors (Lipinski definition) is 2. The van der Waals surface area contributed by atoms with Gasteiger partial charge in [-0.25, -0.2) is 4.79 Å². The first-order valence-corrected chi connectivity index (χ1v) is 9.73. The zero-order valence-corrected chi connectivity index (χ0v) is 17.7. The van der Waals surface area contributed by atoms with Crippen LogP contribution in [0.1, 0.15) is 42.3 Å². The second kappa shape index (κ2) is 8.82. The minimum absolute atomic E-state index is 0.0293. The van der Waals surface area contributed by atoms with Crippen molar-refractivity contribution in [1.29, 1.82) is 0 Å². The Morgan fingerprint density at radius 3 is 1.97 bits per heavy atom. The Balaban J connectivity index is 1.70. The lowest BCUT2D eigenvalue weighted by Gasteiger charge is -2.19. The smallest absolute Gasteiger partial charge is 0.323 e. The molecule has 0 aliphatic carbocycles. The van der Waals surface area contributed by atoms with E-state index in [1.54, 1.807) is 55.6 Å². The van der Waals surface area contributed by atoms with Crippen molar-refractivity contribution < 1.29 is 14.3 Å². The van der Waals surface area contributed by atoms with Gasteiger partial charge in [0.05, 0.1) is 7.11 Å². The molecule has 5 heteroatoms. The number of urea groups is 1. The van der Waals surface area contributed by atoms with E-state index in [0.29, 0.717) is 28.3 Å². The van der Waals surface area contributed by atoms with Gasteiger partial charge in [-0.2, -0.15) is 0 Å². The number of nitrogens with one attached hydrogen (secondary N) is 2. The number of benzene rings is 3. The van der Waals surface area contributed by atoms with E-state index >= 15 is 0 Å². The number of methoxy groups -OCH3 is 1. The molecule has 0 saturated heterocycles. The predicted molar refractivity (Wildman–Crippen MR) is 121 cm³/mol. The van der Waals surface area contributed by atoms with Crippen LogP contribution >= 0.6 is 0 Å². The molecule has 2 amide bonds. The van der Waals surface area contributed by atoms with E-state index in [1.165, 1.54) is 5.56 Å². The third-order valence-electron chi connectivity index (χ3n) is 4.72.